The van der Waals surface area contributed by atoms with E-state index in [9.17, 15) is 9.59 Å². The van der Waals surface area contributed by atoms with Gasteiger partial charge < -0.3 is 21.1 Å². The van der Waals surface area contributed by atoms with Gasteiger partial charge in [0.15, 0.2) is 0 Å². The monoisotopic (exact) mass is 266 g/mol. The Kier molecular flexibility index (Phi) is 5.11. The zero-order valence-corrected chi connectivity index (χ0v) is 11.0. The number of amides is 1. The minimum Gasteiger partial charge on any atom is -0.478 e. The highest BCUT2D eigenvalue weighted by Crippen LogP contribution is 2.16. The molecule has 1 rings (SSSR count). The van der Waals surface area contributed by atoms with Crippen LogP contribution in [-0.4, -0.2) is 46.5 Å². The lowest BCUT2D eigenvalue weighted by atomic mass is 10.2. The number of nitrogen functional groups attached to an aromatic ring is 1. The van der Waals surface area contributed by atoms with E-state index in [2.05, 4.69) is 10.3 Å². The molecule has 4 N–H and O–H groups in total. The summed E-state index contributed by atoms with van der Waals surface area (Å²) < 4.78 is 0. The number of aromatic nitrogens is 1. The van der Waals surface area contributed by atoms with Gasteiger partial charge in [-0.15, -0.1) is 0 Å². The molecule has 7 nitrogen and oxygen atoms in total. The Balaban J connectivity index is 2.68. The molecule has 1 amide bonds. The van der Waals surface area contributed by atoms with Gasteiger partial charge in [0, 0.05) is 19.3 Å². The number of anilines is 2. The Bertz CT molecular complexity index is 472. The van der Waals surface area contributed by atoms with Crippen LogP contribution in [0.1, 0.15) is 24.2 Å². The van der Waals surface area contributed by atoms with Gasteiger partial charge in [0.1, 0.15) is 5.82 Å². The lowest BCUT2D eigenvalue weighted by Gasteiger charge is -2.19. The van der Waals surface area contributed by atoms with E-state index < -0.39 is 5.97 Å². The van der Waals surface area contributed by atoms with Crippen LogP contribution < -0.4 is 11.1 Å². The van der Waals surface area contributed by atoms with Crippen LogP contribution in [0.4, 0.5) is 11.5 Å². The van der Waals surface area contributed by atoms with Crippen molar-refractivity contribution in [2.24, 2.45) is 0 Å². The van der Waals surface area contributed by atoms with Gasteiger partial charge in [-0.05, 0) is 19.9 Å². The number of carbonyl (C=O) groups is 2. The lowest BCUT2D eigenvalue weighted by Crippen LogP contribution is -2.35. The van der Waals surface area contributed by atoms with Crippen LogP contribution in [0.15, 0.2) is 12.3 Å². The van der Waals surface area contributed by atoms with Gasteiger partial charge in [-0.25, -0.2) is 9.78 Å². The van der Waals surface area contributed by atoms with E-state index in [4.69, 9.17) is 10.8 Å². The van der Waals surface area contributed by atoms with Gasteiger partial charge in [-0.3, -0.25) is 4.79 Å². The van der Waals surface area contributed by atoms with Crippen molar-refractivity contribution in [1.82, 2.24) is 9.88 Å². The summed E-state index contributed by atoms with van der Waals surface area (Å²) in [5.74, 6) is -0.844. The van der Waals surface area contributed by atoms with E-state index in [-0.39, 0.29) is 23.7 Å². The van der Waals surface area contributed by atoms with E-state index in [0.29, 0.717) is 18.9 Å². The van der Waals surface area contributed by atoms with Crippen molar-refractivity contribution in [3.8, 4) is 0 Å². The van der Waals surface area contributed by atoms with Crippen LogP contribution in [0.25, 0.3) is 0 Å². The number of carboxylic acid groups (broad SMARTS) is 1. The zero-order chi connectivity index (χ0) is 14.4. The molecule has 0 aliphatic rings. The Hall–Kier alpha value is -2.31. The topological polar surface area (TPSA) is 109 Å². The second-order valence-electron chi connectivity index (χ2n) is 3.89. The van der Waals surface area contributed by atoms with Crippen LogP contribution in [0.5, 0.6) is 0 Å². The van der Waals surface area contributed by atoms with Crippen molar-refractivity contribution < 1.29 is 14.7 Å². The van der Waals surface area contributed by atoms with Crippen molar-refractivity contribution in [2.75, 3.05) is 30.7 Å². The Morgan fingerprint density at radius 2 is 2.05 bits per heavy atom. The first-order valence-electron chi connectivity index (χ1n) is 6.00. The van der Waals surface area contributed by atoms with Gasteiger partial charge >= 0.3 is 5.97 Å². The fraction of sp³-hybridized carbons (Fsp3) is 0.417. The predicted molar refractivity (Wildman–Crippen MR) is 72.0 cm³/mol. The third-order valence-corrected chi connectivity index (χ3v) is 2.69. The number of pyridine rings is 1. The molecule has 0 unspecified atom stereocenters. The quantitative estimate of drug-likeness (QED) is 0.697. The van der Waals surface area contributed by atoms with Crippen molar-refractivity contribution in [1.29, 1.82) is 0 Å². The first kappa shape index (κ1) is 14.7. The number of likely N-dealkylation sites (N-methyl/N-ethyl adjacent to an activating group) is 1. The smallest absolute Gasteiger partial charge is 0.337 e. The molecule has 0 spiro atoms. The highest BCUT2D eigenvalue weighted by Gasteiger charge is 2.11. The minimum absolute atomic E-state index is 0.0121. The number of carbonyl (C=O) groups excluding carboxylic acids is 1. The van der Waals surface area contributed by atoms with Gasteiger partial charge in [0.05, 0.1) is 17.8 Å². The zero-order valence-electron chi connectivity index (χ0n) is 11.0. The Morgan fingerprint density at radius 3 is 2.53 bits per heavy atom. The van der Waals surface area contributed by atoms with E-state index in [1.54, 1.807) is 4.90 Å². The maximum atomic E-state index is 11.8. The molecule has 7 heteroatoms. The van der Waals surface area contributed by atoms with Crippen LogP contribution in [-0.2, 0) is 4.79 Å². The summed E-state index contributed by atoms with van der Waals surface area (Å²) >= 11 is 0. The molecular weight excluding hydrogens is 248 g/mol. The van der Waals surface area contributed by atoms with E-state index >= 15 is 0 Å². The number of nitrogens with two attached hydrogens (primary N) is 1. The molecule has 0 saturated heterocycles. The van der Waals surface area contributed by atoms with Crippen LogP contribution in [0, 0.1) is 0 Å². The van der Waals surface area contributed by atoms with Crippen LogP contribution >= 0.6 is 0 Å². The molecule has 0 aliphatic carbocycles. The van der Waals surface area contributed by atoms with Gasteiger partial charge in [0.25, 0.3) is 0 Å². The maximum Gasteiger partial charge on any atom is 0.337 e. The fourth-order valence-electron chi connectivity index (χ4n) is 1.59. The molecule has 0 atom stereocenters. The molecule has 0 saturated carbocycles. The Labute approximate surface area is 111 Å². The van der Waals surface area contributed by atoms with Crippen LogP contribution in [0.3, 0.4) is 0 Å². The molecule has 0 aromatic carbocycles. The average Bonchev–Trinajstić information content (AvgIpc) is 2.38. The highest BCUT2D eigenvalue weighted by molar-refractivity contribution is 5.89. The summed E-state index contributed by atoms with van der Waals surface area (Å²) in [6.45, 7) is 5.15. The van der Waals surface area contributed by atoms with E-state index in [1.165, 1.54) is 12.3 Å². The number of carboxylic acids is 1. The number of aromatic carboxylic acids is 1. The maximum absolute atomic E-state index is 11.8. The molecule has 104 valence electrons. The normalized spacial score (nSPS) is 10.0. The molecule has 0 radical (unpaired) electrons. The highest BCUT2D eigenvalue weighted by atomic mass is 16.4. The predicted octanol–water partition coefficient (Wildman–Crippen LogP) is 0.642. The molecule has 0 fully saturated rings. The first-order valence-corrected chi connectivity index (χ1v) is 6.00. The fourth-order valence-corrected chi connectivity index (χ4v) is 1.59. The van der Waals surface area contributed by atoms with Crippen LogP contribution in [0.2, 0.25) is 0 Å². The van der Waals surface area contributed by atoms with Crippen molar-refractivity contribution in [2.45, 2.75) is 13.8 Å². The van der Waals surface area contributed by atoms with Gasteiger partial charge in [-0.2, -0.15) is 0 Å². The number of hydrogen-bond acceptors (Lipinski definition) is 5. The second-order valence-corrected chi connectivity index (χ2v) is 3.89. The summed E-state index contributed by atoms with van der Waals surface area (Å²) in [7, 11) is 0. The molecule has 1 heterocycles. The standard InChI is InChI=1S/C12H18N4O3/c1-3-16(4-2)10(17)7-15-11-9(13)5-8(6-14-11)12(18)19/h5-6H,3-4,7,13H2,1-2H3,(H,14,15)(H,18,19). The number of rotatable bonds is 6. The van der Waals surface area contributed by atoms with Crippen molar-refractivity contribution >= 4 is 23.4 Å². The van der Waals surface area contributed by atoms with Gasteiger partial charge in [0.2, 0.25) is 5.91 Å². The molecule has 0 aliphatic heterocycles. The SMILES string of the molecule is CCN(CC)C(=O)CNc1ncc(C(=O)O)cc1N. The van der Waals surface area contributed by atoms with Gasteiger partial charge in [-0.1, -0.05) is 0 Å². The summed E-state index contributed by atoms with van der Waals surface area (Å²) in [6.07, 6.45) is 1.20. The third kappa shape index (κ3) is 3.84. The van der Waals surface area contributed by atoms with Crippen molar-refractivity contribution in [3.05, 3.63) is 17.8 Å². The average molecular weight is 266 g/mol. The second kappa shape index (κ2) is 6.58. The van der Waals surface area contributed by atoms with E-state index in [1.807, 2.05) is 13.8 Å². The molecule has 1 aromatic rings. The lowest BCUT2D eigenvalue weighted by molar-refractivity contribution is -0.128. The number of nitrogens with one attached hydrogen (secondary N) is 1. The summed E-state index contributed by atoms with van der Waals surface area (Å²) in [4.78, 5) is 28.1. The number of nitrogens with zero attached hydrogens (tertiary/aromatic N) is 2. The Morgan fingerprint density at radius 1 is 1.42 bits per heavy atom. The summed E-state index contributed by atoms with van der Waals surface area (Å²) in [5, 5.41) is 11.6. The molecule has 0 bridgehead atoms. The molecular formula is C12H18N4O3. The van der Waals surface area contributed by atoms with Crippen molar-refractivity contribution in [3.63, 3.8) is 0 Å². The third-order valence-electron chi connectivity index (χ3n) is 2.69. The summed E-state index contributed by atoms with van der Waals surface area (Å²) in [6, 6.07) is 1.31. The largest absolute Gasteiger partial charge is 0.478 e. The first-order chi connectivity index (χ1) is 8.99. The molecule has 19 heavy (non-hydrogen) atoms. The number of hydrogen-bond donors (Lipinski definition) is 3. The summed E-state index contributed by atoms with van der Waals surface area (Å²) in [5.41, 5.74) is 5.89. The minimum atomic E-state index is -1.09. The van der Waals surface area contributed by atoms with E-state index in [0.717, 1.165) is 0 Å². The molecule has 1 aromatic heterocycles.